The highest BCUT2D eigenvalue weighted by atomic mass is 16.4. The average molecular weight is 176 g/mol. The maximum atomic E-state index is 9.34. The molecule has 4 heteroatoms. The molecule has 0 spiro atoms. The van der Waals surface area contributed by atoms with Gasteiger partial charge in [-0.15, -0.1) is 0 Å². The molecule has 1 N–H and O–H groups in total. The van der Waals surface area contributed by atoms with Crippen LogP contribution in [0.25, 0.3) is 0 Å². The lowest BCUT2D eigenvalue weighted by Crippen LogP contribution is -2.32. The van der Waals surface area contributed by atoms with Gasteiger partial charge in [-0.1, -0.05) is 6.92 Å². The van der Waals surface area contributed by atoms with Gasteiger partial charge in [0.15, 0.2) is 0 Å². The van der Waals surface area contributed by atoms with Gasteiger partial charge >= 0.3 is 0 Å². The Labute approximate surface area is 73.8 Å². The van der Waals surface area contributed by atoms with Crippen molar-refractivity contribution in [3.8, 4) is 0 Å². The second kappa shape index (κ2) is 8.49. The molecule has 0 heterocycles. The van der Waals surface area contributed by atoms with Crippen molar-refractivity contribution in [3.05, 3.63) is 0 Å². The van der Waals surface area contributed by atoms with E-state index in [0.717, 1.165) is 6.92 Å². The lowest BCUT2D eigenvalue weighted by molar-refractivity contribution is -0.314. The molecule has 4 nitrogen and oxygen atoms in total. The Hall–Kier alpha value is -0.610. The average Bonchev–Trinajstić information content (AvgIpc) is 1.87. The number of carbonyl (C=O) groups is 1. The summed E-state index contributed by atoms with van der Waals surface area (Å²) < 4.78 is 0. The number of aliphatic hydroxyl groups is 1. The van der Waals surface area contributed by atoms with Gasteiger partial charge in [0.25, 0.3) is 0 Å². The summed E-state index contributed by atoms with van der Waals surface area (Å²) in [5.74, 6) is -1.44. The minimum absolute atomic E-state index is 1.13. The normalized spacial score (nSPS) is 11.8. The van der Waals surface area contributed by atoms with Crippen molar-refractivity contribution < 1.29 is 15.0 Å². The molecule has 0 aliphatic heterocycles. The Kier molecular flexibility index (Phi) is 9.86. The number of hydrogen-bond acceptors (Lipinski definition) is 4. The van der Waals surface area contributed by atoms with E-state index in [2.05, 4.69) is 25.9 Å². The summed E-state index contributed by atoms with van der Waals surface area (Å²) in [6.07, 6.45) is -0.0856. The van der Waals surface area contributed by atoms with Crippen LogP contribution in [0.3, 0.4) is 0 Å². The second-order valence-electron chi connectivity index (χ2n) is 2.80. The molecule has 0 saturated heterocycles. The Bertz CT molecular complexity index is 113. The number of rotatable bonds is 3. The van der Waals surface area contributed by atoms with E-state index in [1.165, 1.54) is 13.0 Å². The fourth-order valence-electron chi connectivity index (χ4n) is 0.447. The maximum Gasteiger partial charge on any atom is 0.0905 e. The van der Waals surface area contributed by atoms with Crippen LogP contribution in [0.1, 0.15) is 20.3 Å². The molecule has 1 atom stereocenters. The highest BCUT2D eigenvalue weighted by molar-refractivity contribution is 5.68. The van der Waals surface area contributed by atoms with E-state index >= 15 is 0 Å². The fraction of sp³-hybridized carbons (Fsp3) is 0.875. The van der Waals surface area contributed by atoms with E-state index in [1.54, 1.807) is 0 Å². The zero-order valence-corrected chi connectivity index (χ0v) is 8.20. The van der Waals surface area contributed by atoms with Crippen LogP contribution in [0.4, 0.5) is 0 Å². The van der Waals surface area contributed by atoms with Crippen molar-refractivity contribution in [3.63, 3.8) is 0 Å². The van der Waals surface area contributed by atoms with E-state index in [9.17, 15) is 9.90 Å². The smallest absolute Gasteiger partial charge is 0.0905 e. The van der Waals surface area contributed by atoms with Crippen LogP contribution < -0.4 is 5.11 Å². The molecule has 0 aromatic rings. The summed E-state index contributed by atoms with van der Waals surface area (Å²) in [5, 5.41) is 17.3. The van der Waals surface area contributed by atoms with E-state index in [-0.39, 0.29) is 0 Å². The molecular formula is C8H18NO3-. The second-order valence-corrected chi connectivity index (χ2v) is 2.80. The molecule has 1 unspecified atom stereocenters. The third-order valence-corrected chi connectivity index (χ3v) is 1.01. The summed E-state index contributed by atoms with van der Waals surface area (Å²) in [6.45, 7) is 4.52. The van der Waals surface area contributed by atoms with Gasteiger partial charge in [-0.05, 0) is 34.0 Å². The summed E-state index contributed by atoms with van der Waals surface area (Å²) in [6, 6.07) is 0. The van der Waals surface area contributed by atoms with Crippen molar-refractivity contribution in [2.24, 2.45) is 0 Å². The largest absolute Gasteiger partial charge is 0.547 e. The molecular weight excluding hydrogens is 158 g/mol. The van der Waals surface area contributed by atoms with Gasteiger partial charge < -0.3 is 19.9 Å². The van der Waals surface area contributed by atoms with Gasteiger partial charge in [0.1, 0.15) is 0 Å². The highest BCUT2D eigenvalue weighted by Gasteiger charge is 1.89. The van der Waals surface area contributed by atoms with Crippen molar-refractivity contribution in [2.45, 2.75) is 26.4 Å². The molecule has 0 aromatic heterocycles. The monoisotopic (exact) mass is 176 g/mol. The van der Waals surface area contributed by atoms with Crippen molar-refractivity contribution in [1.29, 1.82) is 0 Å². The highest BCUT2D eigenvalue weighted by Crippen LogP contribution is 1.76. The molecule has 0 fully saturated rings. The van der Waals surface area contributed by atoms with Crippen molar-refractivity contribution >= 4 is 5.97 Å². The molecule has 0 bridgehead atoms. The van der Waals surface area contributed by atoms with Gasteiger partial charge in [-0.25, -0.2) is 0 Å². The quantitative estimate of drug-likeness (QED) is 0.603. The zero-order chi connectivity index (χ0) is 10.1. The SMILES string of the molecule is CC(O)C(=O)[O-].CCCN(C)C. The number of nitrogens with zero attached hydrogens (tertiary/aromatic N) is 1. The molecule has 0 aromatic carbocycles. The van der Waals surface area contributed by atoms with Crippen LogP contribution in [0.2, 0.25) is 0 Å². The minimum atomic E-state index is -1.44. The van der Waals surface area contributed by atoms with E-state index in [4.69, 9.17) is 5.11 Å². The Morgan fingerprint density at radius 1 is 1.58 bits per heavy atom. The lowest BCUT2D eigenvalue weighted by atomic mass is 10.4. The number of aliphatic hydroxyl groups excluding tert-OH is 1. The molecule has 0 saturated carbocycles. The van der Waals surface area contributed by atoms with Crippen LogP contribution in [-0.4, -0.2) is 42.7 Å². The van der Waals surface area contributed by atoms with E-state index in [1.807, 2.05) is 0 Å². The maximum absolute atomic E-state index is 9.34. The Morgan fingerprint density at radius 3 is 1.92 bits per heavy atom. The first-order valence-corrected chi connectivity index (χ1v) is 3.95. The first kappa shape index (κ1) is 13.9. The van der Waals surface area contributed by atoms with E-state index in [0.29, 0.717) is 0 Å². The third-order valence-electron chi connectivity index (χ3n) is 1.01. The van der Waals surface area contributed by atoms with Gasteiger partial charge in [0, 0.05) is 0 Å². The van der Waals surface area contributed by atoms with Gasteiger partial charge in [0.05, 0.1) is 12.1 Å². The third kappa shape index (κ3) is 16.2. The zero-order valence-electron chi connectivity index (χ0n) is 8.20. The van der Waals surface area contributed by atoms with Crippen LogP contribution in [0, 0.1) is 0 Å². The summed E-state index contributed by atoms with van der Waals surface area (Å²) in [4.78, 5) is 11.5. The van der Waals surface area contributed by atoms with Gasteiger partial charge in [0.2, 0.25) is 0 Å². The Morgan fingerprint density at radius 2 is 1.92 bits per heavy atom. The molecule has 0 radical (unpaired) electrons. The van der Waals surface area contributed by atoms with Crippen molar-refractivity contribution in [1.82, 2.24) is 4.90 Å². The van der Waals surface area contributed by atoms with Crippen LogP contribution >= 0.6 is 0 Å². The number of carboxylic acids is 1. The van der Waals surface area contributed by atoms with Crippen LogP contribution in [0.15, 0.2) is 0 Å². The summed E-state index contributed by atoms with van der Waals surface area (Å²) >= 11 is 0. The first-order valence-electron chi connectivity index (χ1n) is 3.95. The topological polar surface area (TPSA) is 63.6 Å². The van der Waals surface area contributed by atoms with E-state index < -0.39 is 12.1 Å². The number of hydrogen-bond donors (Lipinski definition) is 1. The molecule has 0 rings (SSSR count). The van der Waals surface area contributed by atoms with Gasteiger partial charge in [-0.3, -0.25) is 0 Å². The number of carbonyl (C=O) groups excluding carboxylic acids is 1. The van der Waals surface area contributed by atoms with Gasteiger partial charge in [-0.2, -0.15) is 0 Å². The molecule has 12 heavy (non-hydrogen) atoms. The predicted octanol–water partition coefficient (Wildman–Crippen LogP) is -0.925. The summed E-state index contributed by atoms with van der Waals surface area (Å²) in [5.41, 5.74) is 0. The Balaban J connectivity index is 0. The lowest BCUT2D eigenvalue weighted by Gasteiger charge is -2.03. The molecule has 74 valence electrons. The predicted molar refractivity (Wildman–Crippen MR) is 45.5 cm³/mol. The molecule has 0 amide bonds. The van der Waals surface area contributed by atoms with Crippen LogP contribution in [0.5, 0.6) is 0 Å². The first-order chi connectivity index (χ1) is 5.41. The standard InChI is InChI=1S/C5H13N.C3H6O3/c1-4-5-6(2)3;1-2(4)3(5)6/h4-5H2,1-3H3;2,4H,1H3,(H,5,6)/p-1. The molecule has 0 aliphatic rings. The minimum Gasteiger partial charge on any atom is -0.547 e. The molecule has 0 aliphatic carbocycles. The number of carboxylic acid groups (broad SMARTS) is 1. The fourth-order valence-corrected chi connectivity index (χ4v) is 0.447. The van der Waals surface area contributed by atoms with Crippen LogP contribution in [-0.2, 0) is 4.79 Å². The number of aliphatic carboxylic acids is 1. The summed E-state index contributed by atoms with van der Waals surface area (Å²) in [7, 11) is 4.17. The van der Waals surface area contributed by atoms with Crippen molar-refractivity contribution in [2.75, 3.05) is 20.6 Å².